The van der Waals surface area contributed by atoms with E-state index in [9.17, 15) is 4.79 Å². The highest BCUT2D eigenvalue weighted by Crippen LogP contribution is 2.16. The number of aliphatic imine (C=N–C) groups is 1. The van der Waals surface area contributed by atoms with E-state index in [1.165, 1.54) is 161 Å². The van der Waals surface area contributed by atoms with Crippen molar-refractivity contribution in [1.29, 1.82) is 0 Å². The Bertz CT molecular complexity index is 393. The molecule has 1 N–H and O–H groups in total. The first kappa shape index (κ1) is 32.3. The Labute approximate surface area is 207 Å². The molecule has 3 heteroatoms. The highest BCUT2D eigenvalue weighted by atomic mass is 16.2. The number of carbonyl (C=O) groups excluding carboxylic acids is 1. The maximum absolute atomic E-state index is 9.96. The zero-order valence-corrected chi connectivity index (χ0v) is 22.3. The van der Waals surface area contributed by atoms with Crippen LogP contribution in [0.15, 0.2) is 4.99 Å². The van der Waals surface area contributed by atoms with Gasteiger partial charge in [0.2, 0.25) is 6.08 Å². The molecule has 0 atom stereocenters. The van der Waals surface area contributed by atoms with Gasteiger partial charge in [-0.25, -0.2) is 9.79 Å². The van der Waals surface area contributed by atoms with Gasteiger partial charge in [-0.15, -0.1) is 0 Å². The van der Waals surface area contributed by atoms with E-state index in [0.717, 1.165) is 12.8 Å². The van der Waals surface area contributed by atoms with Crippen LogP contribution in [0, 0.1) is 0 Å². The summed E-state index contributed by atoms with van der Waals surface area (Å²) in [4.78, 5) is 13.6. The van der Waals surface area contributed by atoms with E-state index in [1.54, 1.807) is 6.08 Å². The van der Waals surface area contributed by atoms with Crippen molar-refractivity contribution in [2.24, 2.45) is 4.99 Å². The molecule has 0 aliphatic carbocycles. The summed E-state index contributed by atoms with van der Waals surface area (Å²) in [6.45, 7) is 1.03. The van der Waals surface area contributed by atoms with Crippen LogP contribution < -0.4 is 0 Å². The SMILES string of the molecule is O=C=NCCCCCCCCCCCCCCCCCCCCCCCCCCCCCO. The van der Waals surface area contributed by atoms with Gasteiger partial charge in [0, 0.05) is 6.61 Å². The largest absolute Gasteiger partial charge is 0.396 e. The Kier molecular flexibility index (Phi) is 30.7. The lowest BCUT2D eigenvalue weighted by molar-refractivity contribution is 0.282. The van der Waals surface area contributed by atoms with Crippen LogP contribution in [0.1, 0.15) is 173 Å². The van der Waals surface area contributed by atoms with E-state index in [2.05, 4.69) is 4.99 Å². The first-order valence-corrected chi connectivity index (χ1v) is 15.1. The van der Waals surface area contributed by atoms with Gasteiger partial charge in [-0.05, 0) is 12.8 Å². The molecule has 3 nitrogen and oxygen atoms in total. The highest BCUT2D eigenvalue weighted by molar-refractivity contribution is 5.32. The van der Waals surface area contributed by atoms with Gasteiger partial charge in [0.05, 0.1) is 6.54 Å². The van der Waals surface area contributed by atoms with Crippen molar-refractivity contribution >= 4 is 6.08 Å². The topological polar surface area (TPSA) is 49.7 Å². The molecule has 0 rings (SSSR count). The van der Waals surface area contributed by atoms with Gasteiger partial charge >= 0.3 is 0 Å². The third-order valence-corrected chi connectivity index (χ3v) is 6.99. The molecule has 0 heterocycles. The molecule has 33 heavy (non-hydrogen) atoms. The van der Waals surface area contributed by atoms with Gasteiger partial charge in [0.15, 0.2) is 0 Å². The fourth-order valence-electron chi connectivity index (χ4n) is 4.77. The maximum atomic E-state index is 9.96. The molecule has 0 saturated carbocycles. The maximum Gasteiger partial charge on any atom is 0.234 e. The Morgan fingerprint density at radius 1 is 0.364 bits per heavy atom. The van der Waals surface area contributed by atoms with Gasteiger partial charge in [-0.1, -0.05) is 161 Å². The molecule has 0 aromatic rings. The summed E-state index contributed by atoms with van der Waals surface area (Å²) < 4.78 is 0. The Morgan fingerprint density at radius 2 is 0.576 bits per heavy atom. The number of unbranched alkanes of at least 4 members (excludes halogenated alkanes) is 26. The first-order valence-electron chi connectivity index (χ1n) is 15.1. The number of rotatable bonds is 29. The highest BCUT2D eigenvalue weighted by Gasteiger charge is 1.96. The second kappa shape index (κ2) is 31.3. The van der Waals surface area contributed by atoms with Crippen LogP contribution in [0.2, 0.25) is 0 Å². The van der Waals surface area contributed by atoms with E-state index in [4.69, 9.17) is 5.11 Å². The summed E-state index contributed by atoms with van der Waals surface area (Å²) >= 11 is 0. The predicted octanol–water partition coefficient (Wildman–Crippen LogP) is 9.85. The number of nitrogens with zero attached hydrogens (tertiary/aromatic N) is 1. The van der Waals surface area contributed by atoms with Crippen LogP contribution in [0.4, 0.5) is 0 Å². The third kappa shape index (κ3) is 31.3. The standard InChI is InChI=1S/C30H59NO2/c32-29-27-25-23-21-19-17-15-13-11-9-7-5-3-1-2-4-6-8-10-12-14-16-18-20-22-24-26-28-31-30-33/h32H,1-29H2. The number of isocyanates is 1. The molecule has 0 aliphatic heterocycles. The summed E-state index contributed by atoms with van der Waals surface area (Å²) in [6, 6.07) is 0. The fourth-order valence-corrected chi connectivity index (χ4v) is 4.77. The Morgan fingerprint density at radius 3 is 0.788 bits per heavy atom. The number of hydrogen-bond donors (Lipinski definition) is 1. The van der Waals surface area contributed by atoms with Gasteiger partial charge in [-0.2, -0.15) is 0 Å². The second-order valence-electron chi connectivity index (χ2n) is 10.2. The van der Waals surface area contributed by atoms with Gasteiger partial charge in [0.1, 0.15) is 0 Å². The van der Waals surface area contributed by atoms with Crippen LogP contribution in [-0.4, -0.2) is 24.3 Å². The van der Waals surface area contributed by atoms with E-state index in [1.807, 2.05) is 0 Å². The van der Waals surface area contributed by atoms with Crippen LogP contribution in [-0.2, 0) is 4.79 Å². The minimum atomic E-state index is 0.367. The van der Waals surface area contributed by atoms with Crippen LogP contribution in [0.25, 0.3) is 0 Å². The average molecular weight is 466 g/mol. The zero-order valence-electron chi connectivity index (χ0n) is 22.3. The molecule has 0 saturated heterocycles. The quantitative estimate of drug-likeness (QED) is 0.0678. The Hall–Kier alpha value is -0.660. The monoisotopic (exact) mass is 465 g/mol. The molecule has 0 fully saturated rings. The predicted molar refractivity (Wildman–Crippen MR) is 145 cm³/mol. The van der Waals surface area contributed by atoms with E-state index < -0.39 is 0 Å². The minimum Gasteiger partial charge on any atom is -0.396 e. The molecule has 0 aromatic carbocycles. The van der Waals surface area contributed by atoms with Gasteiger partial charge in [0.25, 0.3) is 0 Å². The number of aliphatic hydroxyl groups is 1. The summed E-state index contributed by atoms with van der Waals surface area (Å²) in [5.74, 6) is 0. The van der Waals surface area contributed by atoms with Crippen molar-refractivity contribution in [1.82, 2.24) is 0 Å². The van der Waals surface area contributed by atoms with Crippen molar-refractivity contribution in [2.45, 2.75) is 173 Å². The van der Waals surface area contributed by atoms with Crippen molar-refractivity contribution in [2.75, 3.05) is 13.2 Å². The molecular weight excluding hydrogens is 406 g/mol. The fraction of sp³-hybridized carbons (Fsp3) is 0.967. The molecule has 196 valence electrons. The smallest absolute Gasteiger partial charge is 0.234 e. The summed E-state index contributed by atoms with van der Waals surface area (Å²) in [5.41, 5.74) is 0. The lowest BCUT2D eigenvalue weighted by atomic mass is 10.0. The van der Waals surface area contributed by atoms with E-state index >= 15 is 0 Å². The van der Waals surface area contributed by atoms with Crippen molar-refractivity contribution in [3.05, 3.63) is 0 Å². The second-order valence-corrected chi connectivity index (χ2v) is 10.2. The molecule has 0 radical (unpaired) electrons. The molecule has 0 unspecified atom stereocenters. The molecule has 0 aromatic heterocycles. The molecule has 0 spiro atoms. The number of hydrogen-bond acceptors (Lipinski definition) is 3. The summed E-state index contributed by atoms with van der Waals surface area (Å²) in [7, 11) is 0. The minimum absolute atomic E-state index is 0.367. The van der Waals surface area contributed by atoms with Crippen LogP contribution in [0.3, 0.4) is 0 Å². The average Bonchev–Trinajstić information content (AvgIpc) is 2.83. The molecule has 0 amide bonds. The normalized spacial score (nSPS) is 11.1. The van der Waals surface area contributed by atoms with Crippen LogP contribution >= 0.6 is 0 Å². The molecule has 0 bridgehead atoms. The number of aliphatic hydroxyl groups excluding tert-OH is 1. The van der Waals surface area contributed by atoms with Gasteiger partial charge in [-0.3, -0.25) is 0 Å². The summed E-state index contributed by atoms with van der Waals surface area (Å²) in [6.07, 6.45) is 38.6. The summed E-state index contributed by atoms with van der Waals surface area (Å²) in [5, 5.41) is 8.76. The Balaban J connectivity index is 3.01. The zero-order chi connectivity index (χ0) is 23.9. The first-order chi connectivity index (χ1) is 16.4. The van der Waals surface area contributed by atoms with E-state index in [-0.39, 0.29) is 0 Å². The molecule has 0 aliphatic rings. The van der Waals surface area contributed by atoms with Crippen molar-refractivity contribution in [3.8, 4) is 0 Å². The lowest BCUT2D eigenvalue weighted by Crippen LogP contribution is -1.85. The lowest BCUT2D eigenvalue weighted by Gasteiger charge is -2.04. The molecular formula is C30H59NO2. The third-order valence-electron chi connectivity index (χ3n) is 6.99. The van der Waals surface area contributed by atoms with Gasteiger partial charge < -0.3 is 5.11 Å². The van der Waals surface area contributed by atoms with Crippen LogP contribution in [0.5, 0.6) is 0 Å². The van der Waals surface area contributed by atoms with Crippen molar-refractivity contribution < 1.29 is 9.90 Å². The van der Waals surface area contributed by atoms with Crippen molar-refractivity contribution in [3.63, 3.8) is 0 Å². The van der Waals surface area contributed by atoms with E-state index in [0.29, 0.717) is 13.2 Å².